The Morgan fingerprint density at radius 2 is 1.55 bits per heavy atom. The largest absolute Gasteiger partial charge is 0.508 e. The van der Waals surface area contributed by atoms with Crippen LogP contribution in [0.1, 0.15) is 129 Å². The average Bonchev–Trinajstić information content (AvgIpc) is 3.51. The molecule has 1 aliphatic heterocycles. The van der Waals surface area contributed by atoms with Crippen molar-refractivity contribution in [2.75, 3.05) is 46.1 Å². The maximum atomic E-state index is 13.1. The molecule has 8 heteroatoms. The zero-order chi connectivity index (χ0) is 31.6. The molecule has 2 saturated carbocycles. The van der Waals surface area contributed by atoms with Crippen LogP contribution in [0.2, 0.25) is 0 Å². The number of ether oxygens (including phenoxy) is 4. The second-order valence-corrected chi connectivity index (χ2v) is 14.0. The second-order valence-electron chi connectivity index (χ2n) is 14.0. The van der Waals surface area contributed by atoms with Crippen LogP contribution in [0.3, 0.4) is 0 Å². The molecular formula is C36H61NO7. The van der Waals surface area contributed by atoms with Gasteiger partial charge < -0.3 is 23.8 Å². The first-order chi connectivity index (χ1) is 21.3. The molecule has 1 saturated heterocycles. The van der Waals surface area contributed by atoms with Crippen LogP contribution in [-0.4, -0.2) is 69.1 Å². The highest BCUT2D eigenvalue weighted by atomic mass is 16.7. The van der Waals surface area contributed by atoms with Gasteiger partial charge in [0.05, 0.1) is 18.9 Å². The van der Waals surface area contributed by atoms with Crippen LogP contribution < -0.4 is 0 Å². The number of allylic oxidation sites excluding steroid dienone is 1. The van der Waals surface area contributed by atoms with Crippen molar-refractivity contribution in [2.45, 2.75) is 129 Å². The van der Waals surface area contributed by atoms with Gasteiger partial charge in [-0.25, -0.2) is 4.79 Å². The maximum Gasteiger partial charge on any atom is 0.508 e. The Morgan fingerprint density at radius 3 is 2.27 bits per heavy atom. The Hall–Kier alpha value is -2.09. The number of likely N-dealkylation sites (tertiary alicyclic amines) is 1. The number of nitrogens with zero attached hydrogens (tertiary/aromatic N) is 1. The Labute approximate surface area is 267 Å². The second kappa shape index (κ2) is 20.1. The summed E-state index contributed by atoms with van der Waals surface area (Å²) >= 11 is 0. The topological polar surface area (TPSA) is 91.4 Å². The first-order valence-corrected chi connectivity index (χ1v) is 17.8. The SMILES string of the molecule is C=C1C[C@H]2C[C@@H](CC)CC(CC(=O)OCC(COC(=O)CCCCCCCCC)COC(=O)OCCCN3CCCC3)(C1)C2. The lowest BCUT2D eigenvalue weighted by molar-refractivity contribution is -0.152. The lowest BCUT2D eigenvalue weighted by atomic mass is 9.56. The predicted molar refractivity (Wildman–Crippen MR) is 172 cm³/mol. The van der Waals surface area contributed by atoms with Crippen molar-refractivity contribution in [3.05, 3.63) is 12.2 Å². The van der Waals surface area contributed by atoms with Crippen molar-refractivity contribution in [1.82, 2.24) is 4.90 Å². The molecule has 0 aromatic rings. The third kappa shape index (κ3) is 13.9. The molecular weight excluding hydrogens is 558 g/mol. The van der Waals surface area contributed by atoms with Crippen LogP contribution >= 0.6 is 0 Å². The zero-order valence-electron chi connectivity index (χ0n) is 27.9. The molecule has 0 radical (unpaired) electrons. The van der Waals surface area contributed by atoms with Gasteiger partial charge in [-0.1, -0.05) is 70.9 Å². The molecule has 3 rings (SSSR count). The summed E-state index contributed by atoms with van der Waals surface area (Å²) in [5.74, 6) is 0.307. The normalized spacial score (nSPS) is 24.1. The summed E-state index contributed by atoms with van der Waals surface area (Å²) in [7, 11) is 0. The standard InChI is InChI=1S/C36H61NO7/c1-4-6-7-8-9-10-11-15-33(38)42-26-32(28-44-35(40)41-19-14-18-37-16-12-13-17-37)27-43-34(39)25-36-22-29(3)20-31(24-36)21-30(5-2)23-36/h30-32H,3-28H2,1-2H3/t30-,31+,32?,36?/m1/s1. The number of carbonyl (C=O) groups excluding carboxylic acids is 3. The quantitative estimate of drug-likeness (QED) is 0.0552. The highest BCUT2D eigenvalue weighted by Crippen LogP contribution is 2.55. The fourth-order valence-corrected chi connectivity index (χ4v) is 7.67. The number of rotatable bonds is 21. The molecule has 0 amide bonds. The minimum absolute atomic E-state index is 0.0312. The fourth-order valence-electron chi connectivity index (χ4n) is 7.67. The van der Waals surface area contributed by atoms with Crippen LogP contribution in [0.25, 0.3) is 0 Å². The number of esters is 2. The van der Waals surface area contributed by atoms with Crippen molar-refractivity contribution >= 4 is 18.1 Å². The van der Waals surface area contributed by atoms with E-state index in [0.29, 0.717) is 31.3 Å². The molecule has 3 aliphatic rings. The smallest absolute Gasteiger partial charge is 0.465 e. The fraction of sp³-hybridized carbons (Fsp3) is 0.861. The minimum atomic E-state index is -0.740. The highest BCUT2D eigenvalue weighted by Gasteiger charge is 2.45. The van der Waals surface area contributed by atoms with E-state index in [1.165, 1.54) is 50.5 Å². The number of hydrogen-bond donors (Lipinski definition) is 0. The van der Waals surface area contributed by atoms with Gasteiger partial charge in [-0.3, -0.25) is 9.59 Å². The number of fused-ring (bicyclic) bond motifs is 2. The third-order valence-corrected chi connectivity index (χ3v) is 9.83. The Bertz CT molecular complexity index is 886. The lowest BCUT2D eigenvalue weighted by Crippen LogP contribution is -2.39. The van der Waals surface area contributed by atoms with Gasteiger partial charge in [-0.05, 0) is 88.1 Å². The Balaban J connectivity index is 1.43. The molecule has 4 atom stereocenters. The van der Waals surface area contributed by atoms with Gasteiger partial charge in [0, 0.05) is 13.0 Å². The van der Waals surface area contributed by atoms with Crippen molar-refractivity contribution in [3.8, 4) is 0 Å². The summed E-state index contributed by atoms with van der Waals surface area (Å²) in [6.07, 6.45) is 17.5. The summed E-state index contributed by atoms with van der Waals surface area (Å²) in [4.78, 5) is 40.2. The summed E-state index contributed by atoms with van der Waals surface area (Å²) in [5.41, 5.74) is 1.19. The van der Waals surface area contributed by atoms with Gasteiger partial charge in [0.25, 0.3) is 0 Å². The molecule has 0 aromatic heterocycles. The molecule has 0 aromatic carbocycles. The minimum Gasteiger partial charge on any atom is -0.465 e. The highest BCUT2D eigenvalue weighted by molar-refractivity contribution is 5.70. The van der Waals surface area contributed by atoms with Gasteiger partial charge >= 0.3 is 18.1 Å². The number of carbonyl (C=O) groups is 3. The molecule has 2 unspecified atom stereocenters. The molecule has 0 N–H and O–H groups in total. The van der Waals surface area contributed by atoms with E-state index in [4.69, 9.17) is 18.9 Å². The van der Waals surface area contributed by atoms with Crippen molar-refractivity contribution < 1.29 is 33.3 Å². The van der Waals surface area contributed by atoms with Gasteiger partial charge in [0.15, 0.2) is 0 Å². The Morgan fingerprint density at radius 1 is 0.864 bits per heavy atom. The predicted octanol–water partition coefficient (Wildman–Crippen LogP) is 8.02. The summed E-state index contributed by atoms with van der Waals surface area (Å²) in [5, 5.41) is 0. The Kier molecular flexibility index (Phi) is 16.6. The maximum absolute atomic E-state index is 13.1. The number of hydrogen-bond acceptors (Lipinski definition) is 8. The first-order valence-electron chi connectivity index (χ1n) is 17.8. The van der Waals surface area contributed by atoms with E-state index in [2.05, 4.69) is 25.3 Å². The van der Waals surface area contributed by atoms with Crippen LogP contribution in [0.15, 0.2) is 12.2 Å². The van der Waals surface area contributed by atoms with Gasteiger partial charge in [-0.15, -0.1) is 0 Å². The zero-order valence-corrected chi connectivity index (χ0v) is 27.9. The van der Waals surface area contributed by atoms with E-state index >= 15 is 0 Å². The van der Waals surface area contributed by atoms with E-state index < -0.39 is 12.1 Å². The van der Waals surface area contributed by atoms with E-state index in [9.17, 15) is 14.4 Å². The lowest BCUT2D eigenvalue weighted by Gasteiger charge is -2.48. The van der Waals surface area contributed by atoms with Crippen molar-refractivity contribution in [3.63, 3.8) is 0 Å². The van der Waals surface area contributed by atoms with E-state index in [1.807, 2.05) is 0 Å². The van der Waals surface area contributed by atoms with Crippen LogP contribution in [0.5, 0.6) is 0 Å². The van der Waals surface area contributed by atoms with Gasteiger partial charge in [-0.2, -0.15) is 0 Å². The van der Waals surface area contributed by atoms with E-state index in [0.717, 1.165) is 77.4 Å². The van der Waals surface area contributed by atoms with E-state index in [1.54, 1.807) is 0 Å². The van der Waals surface area contributed by atoms with Crippen LogP contribution in [0.4, 0.5) is 4.79 Å². The molecule has 44 heavy (non-hydrogen) atoms. The summed E-state index contributed by atoms with van der Waals surface area (Å²) < 4.78 is 22.0. The molecule has 2 aliphatic carbocycles. The monoisotopic (exact) mass is 619 g/mol. The van der Waals surface area contributed by atoms with Crippen LogP contribution in [-0.2, 0) is 28.5 Å². The first kappa shape index (κ1) is 36.4. The van der Waals surface area contributed by atoms with Gasteiger partial charge in [0.2, 0.25) is 0 Å². The van der Waals surface area contributed by atoms with Crippen molar-refractivity contribution in [1.29, 1.82) is 0 Å². The molecule has 252 valence electrons. The van der Waals surface area contributed by atoms with Crippen molar-refractivity contribution in [2.24, 2.45) is 23.2 Å². The summed E-state index contributed by atoms with van der Waals surface area (Å²) in [6.45, 7) is 12.2. The summed E-state index contributed by atoms with van der Waals surface area (Å²) in [6, 6.07) is 0. The van der Waals surface area contributed by atoms with Crippen LogP contribution in [0, 0.1) is 23.2 Å². The molecule has 2 bridgehead atoms. The molecule has 0 spiro atoms. The number of unbranched alkanes of at least 4 members (excludes halogenated alkanes) is 6. The third-order valence-electron chi connectivity index (χ3n) is 9.83. The molecule has 3 fully saturated rings. The molecule has 1 heterocycles. The van der Waals surface area contributed by atoms with Gasteiger partial charge in [0.1, 0.15) is 19.8 Å². The van der Waals surface area contributed by atoms with E-state index in [-0.39, 0.29) is 37.2 Å². The average molecular weight is 620 g/mol. The molecule has 8 nitrogen and oxygen atoms in total.